The quantitative estimate of drug-likeness (QED) is 0.872. The molecule has 2 heterocycles. The van der Waals surface area contributed by atoms with E-state index < -0.39 is 5.79 Å². The molecule has 2 aromatic carbocycles. The Hall–Kier alpha value is -2.60. The van der Waals surface area contributed by atoms with Crippen LogP contribution < -0.4 is 18.9 Å². The number of ether oxygens (including phenoxy) is 4. The van der Waals surface area contributed by atoms with Gasteiger partial charge in [-0.2, -0.15) is 0 Å². The van der Waals surface area contributed by atoms with Gasteiger partial charge in [0.25, 0.3) is 0 Å². The summed E-state index contributed by atoms with van der Waals surface area (Å²) in [6.07, 6.45) is 0. The molecule has 4 rings (SSSR count). The molecule has 0 unspecified atom stereocenters. The largest absolute Gasteiger partial charge is 0.504 e. The van der Waals surface area contributed by atoms with E-state index in [1.165, 1.54) is 7.11 Å². The zero-order valence-corrected chi connectivity index (χ0v) is 14.3. The molecule has 0 aliphatic carbocycles. The monoisotopic (exact) mass is 344 g/mol. The molecule has 0 bridgehead atoms. The summed E-state index contributed by atoms with van der Waals surface area (Å²) in [5.74, 6) is 0.143. The molecule has 6 nitrogen and oxygen atoms in total. The Morgan fingerprint density at radius 3 is 2.56 bits per heavy atom. The lowest BCUT2D eigenvalue weighted by Crippen LogP contribution is -2.45. The van der Waals surface area contributed by atoms with Gasteiger partial charge in [-0.3, -0.25) is 0 Å². The molecule has 132 valence electrons. The Balaban J connectivity index is 1.93. The van der Waals surface area contributed by atoms with Crippen molar-refractivity contribution in [3.63, 3.8) is 0 Å². The average molecular weight is 344 g/mol. The molecular weight excluding hydrogens is 324 g/mol. The lowest BCUT2D eigenvalue weighted by Gasteiger charge is -2.42. The number of rotatable bonds is 2. The molecule has 2 aromatic rings. The lowest BCUT2D eigenvalue weighted by molar-refractivity contribution is -0.171. The topological polar surface area (TPSA) is 77.4 Å². The Kier molecular flexibility index (Phi) is 3.47. The molecule has 2 N–H and O–H groups in total. The first-order valence-electron chi connectivity index (χ1n) is 8.13. The van der Waals surface area contributed by atoms with E-state index in [9.17, 15) is 10.2 Å². The van der Waals surface area contributed by atoms with Crippen molar-refractivity contribution in [3.8, 4) is 28.7 Å². The number of hydrogen-bond acceptors (Lipinski definition) is 6. The number of methoxy groups -OCH3 is 1. The third-order valence-electron chi connectivity index (χ3n) is 5.09. The van der Waals surface area contributed by atoms with Crippen LogP contribution in [0.15, 0.2) is 30.3 Å². The van der Waals surface area contributed by atoms with Gasteiger partial charge in [0.15, 0.2) is 23.0 Å². The molecule has 6 heteroatoms. The molecule has 0 saturated carbocycles. The Morgan fingerprint density at radius 2 is 1.84 bits per heavy atom. The van der Waals surface area contributed by atoms with Crippen LogP contribution in [0.4, 0.5) is 0 Å². The standard InChI is InChI=1S/C19H20O6/c1-10-17(11-5-4-6-13(22-3)18(11)20)12-7-15-16(24-9-23-15)8-14(12)25-19(10,2)21/h4-8,10,17,20-21H,9H2,1-3H3/t10-,17+,19-/m0/s1. The molecule has 0 spiro atoms. The van der Waals surface area contributed by atoms with E-state index in [-0.39, 0.29) is 24.4 Å². The Labute approximate surface area is 145 Å². The Morgan fingerprint density at radius 1 is 1.12 bits per heavy atom. The number of hydrogen-bond donors (Lipinski definition) is 2. The normalized spacial score (nSPS) is 26.7. The van der Waals surface area contributed by atoms with Gasteiger partial charge in [-0.15, -0.1) is 0 Å². The van der Waals surface area contributed by atoms with Crippen LogP contribution >= 0.6 is 0 Å². The summed E-state index contributed by atoms with van der Waals surface area (Å²) in [4.78, 5) is 0. The van der Waals surface area contributed by atoms with E-state index >= 15 is 0 Å². The zero-order valence-electron chi connectivity index (χ0n) is 14.3. The minimum atomic E-state index is -1.40. The van der Waals surface area contributed by atoms with Crippen LogP contribution in [0.3, 0.4) is 0 Å². The fourth-order valence-electron chi connectivity index (χ4n) is 3.56. The third kappa shape index (κ3) is 2.36. The highest BCUT2D eigenvalue weighted by Gasteiger charge is 2.45. The second-order valence-corrected chi connectivity index (χ2v) is 6.56. The predicted molar refractivity (Wildman–Crippen MR) is 89.5 cm³/mol. The number of phenols is 1. The highest BCUT2D eigenvalue weighted by atomic mass is 16.7. The second-order valence-electron chi connectivity index (χ2n) is 6.56. The van der Waals surface area contributed by atoms with E-state index in [0.29, 0.717) is 28.6 Å². The fourth-order valence-corrected chi connectivity index (χ4v) is 3.56. The number of aromatic hydroxyl groups is 1. The van der Waals surface area contributed by atoms with E-state index in [1.807, 2.05) is 25.1 Å². The number of para-hydroxylation sites is 1. The molecule has 2 aliphatic rings. The van der Waals surface area contributed by atoms with Gasteiger partial charge < -0.3 is 29.2 Å². The summed E-state index contributed by atoms with van der Waals surface area (Å²) in [5, 5.41) is 21.4. The number of phenolic OH excluding ortho intramolecular Hbond substituents is 1. The molecule has 0 fully saturated rings. The van der Waals surface area contributed by atoms with Crippen molar-refractivity contribution >= 4 is 0 Å². The van der Waals surface area contributed by atoms with E-state index in [0.717, 1.165) is 5.56 Å². The summed E-state index contributed by atoms with van der Waals surface area (Å²) >= 11 is 0. The molecule has 0 saturated heterocycles. The van der Waals surface area contributed by atoms with Gasteiger partial charge in [0, 0.05) is 36.0 Å². The maximum absolute atomic E-state index is 10.8. The average Bonchev–Trinajstić information content (AvgIpc) is 3.02. The van der Waals surface area contributed by atoms with Crippen molar-refractivity contribution in [3.05, 3.63) is 41.5 Å². The van der Waals surface area contributed by atoms with Crippen molar-refractivity contribution in [2.24, 2.45) is 5.92 Å². The molecule has 0 radical (unpaired) electrons. The number of fused-ring (bicyclic) bond motifs is 2. The maximum atomic E-state index is 10.8. The maximum Gasteiger partial charge on any atom is 0.231 e. The first-order valence-corrected chi connectivity index (χ1v) is 8.13. The molecule has 0 aromatic heterocycles. The highest BCUT2D eigenvalue weighted by Crippen LogP contribution is 2.53. The predicted octanol–water partition coefficient (Wildman–Crippen LogP) is 3.00. The van der Waals surface area contributed by atoms with Crippen LogP contribution in [-0.2, 0) is 0 Å². The minimum absolute atomic E-state index is 0.0585. The van der Waals surface area contributed by atoms with Gasteiger partial charge >= 0.3 is 0 Å². The van der Waals surface area contributed by atoms with Gasteiger partial charge in [-0.25, -0.2) is 0 Å². The second kappa shape index (κ2) is 5.46. The molecule has 3 atom stereocenters. The van der Waals surface area contributed by atoms with E-state index in [4.69, 9.17) is 18.9 Å². The van der Waals surface area contributed by atoms with E-state index in [1.54, 1.807) is 19.1 Å². The van der Waals surface area contributed by atoms with Crippen molar-refractivity contribution < 1.29 is 29.2 Å². The highest BCUT2D eigenvalue weighted by molar-refractivity contribution is 5.59. The molecule has 25 heavy (non-hydrogen) atoms. The van der Waals surface area contributed by atoms with Crippen molar-refractivity contribution in [1.29, 1.82) is 0 Å². The summed E-state index contributed by atoms with van der Waals surface area (Å²) in [5.41, 5.74) is 1.49. The van der Waals surface area contributed by atoms with Crippen LogP contribution in [0.2, 0.25) is 0 Å². The summed E-state index contributed by atoms with van der Waals surface area (Å²) in [7, 11) is 1.51. The SMILES string of the molecule is COc1cccc([C@@H]2c3cc4c(cc3O[C@](C)(O)[C@H]2C)OCO4)c1O. The van der Waals surface area contributed by atoms with Crippen molar-refractivity contribution in [1.82, 2.24) is 0 Å². The van der Waals surface area contributed by atoms with Crippen LogP contribution in [-0.4, -0.2) is 29.9 Å². The van der Waals surface area contributed by atoms with Crippen LogP contribution in [0, 0.1) is 5.92 Å². The van der Waals surface area contributed by atoms with Gasteiger partial charge in [0.05, 0.1) is 7.11 Å². The molecule has 2 aliphatic heterocycles. The lowest BCUT2D eigenvalue weighted by atomic mass is 9.75. The summed E-state index contributed by atoms with van der Waals surface area (Å²) < 4.78 is 21.9. The van der Waals surface area contributed by atoms with Crippen LogP contribution in [0.1, 0.15) is 30.9 Å². The van der Waals surface area contributed by atoms with Gasteiger partial charge in [0.1, 0.15) is 5.75 Å². The molecule has 0 amide bonds. The molecular formula is C19H20O6. The first kappa shape index (κ1) is 15.9. The third-order valence-corrected chi connectivity index (χ3v) is 5.09. The fraction of sp³-hybridized carbons (Fsp3) is 0.368. The van der Waals surface area contributed by atoms with Crippen molar-refractivity contribution in [2.45, 2.75) is 25.6 Å². The minimum Gasteiger partial charge on any atom is -0.504 e. The summed E-state index contributed by atoms with van der Waals surface area (Å²) in [6, 6.07) is 8.92. The van der Waals surface area contributed by atoms with Crippen molar-refractivity contribution in [2.75, 3.05) is 13.9 Å². The van der Waals surface area contributed by atoms with Gasteiger partial charge in [-0.1, -0.05) is 19.1 Å². The van der Waals surface area contributed by atoms with Gasteiger partial charge in [-0.05, 0) is 12.1 Å². The number of aliphatic hydroxyl groups is 1. The van der Waals surface area contributed by atoms with E-state index in [2.05, 4.69) is 0 Å². The van der Waals surface area contributed by atoms with Crippen LogP contribution in [0.25, 0.3) is 0 Å². The zero-order chi connectivity index (χ0) is 17.8. The van der Waals surface area contributed by atoms with Gasteiger partial charge in [0.2, 0.25) is 12.6 Å². The summed E-state index contributed by atoms with van der Waals surface area (Å²) in [6.45, 7) is 3.66. The Bertz CT molecular complexity index is 829. The van der Waals surface area contributed by atoms with Crippen LogP contribution in [0.5, 0.6) is 28.7 Å². The first-order chi connectivity index (χ1) is 11.9. The smallest absolute Gasteiger partial charge is 0.231 e. The number of benzene rings is 2.